The fraction of sp³-hybridized carbons (Fsp3) is 0.455. The van der Waals surface area contributed by atoms with E-state index < -0.39 is 23.5 Å². The third kappa shape index (κ3) is 7.55. The minimum Gasteiger partial charge on any atom is -0.316 e. The summed E-state index contributed by atoms with van der Waals surface area (Å²) in [6.45, 7) is 5.84. The molecule has 0 amide bonds. The number of carbonyl (C=O) groups excluding carboxylic acids is 1. The van der Waals surface area contributed by atoms with Crippen molar-refractivity contribution in [2.24, 2.45) is 15.0 Å². The molecule has 1 N–H and O–H groups in total. The van der Waals surface area contributed by atoms with Gasteiger partial charge in [-0.15, -0.1) is 11.6 Å². The quantitative estimate of drug-likeness (QED) is 0.217. The van der Waals surface area contributed by atoms with Crippen LogP contribution in [0.15, 0.2) is 44.6 Å². The van der Waals surface area contributed by atoms with E-state index in [2.05, 4.69) is 27.0 Å². The van der Waals surface area contributed by atoms with Gasteiger partial charge >= 0.3 is 0 Å². The van der Waals surface area contributed by atoms with Crippen molar-refractivity contribution in [3.63, 3.8) is 0 Å². The predicted molar refractivity (Wildman–Crippen MR) is 123 cm³/mol. The van der Waals surface area contributed by atoms with Crippen molar-refractivity contribution >= 4 is 36.5 Å². The predicted octanol–water partition coefficient (Wildman–Crippen LogP) is 3.95. The number of likely N-dealkylation sites (tertiary alicyclic amines) is 1. The van der Waals surface area contributed by atoms with Crippen LogP contribution in [-0.2, 0) is 4.79 Å². The summed E-state index contributed by atoms with van der Waals surface area (Å²) in [5.41, 5.74) is -0.768. The number of nitrogens with one attached hydrogen (secondary N) is 1. The fourth-order valence-corrected chi connectivity index (χ4v) is 3.47. The van der Waals surface area contributed by atoms with E-state index in [0.29, 0.717) is 45.3 Å². The summed E-state index contributed by atoms with van der Waals surface area (Å²) in [7, 11) is 1.90. The molecule has 0 atom stereocenters. The van der Waals surface area contributed by atoms with Crippen LogP contribution in [0.3, 0.4) is 0 Å². The summed E-state index contributed by atoms with van der Waals surface area (Å²) in [4.78, 5) is 24.2. The molecule has 0 unspecified atom stereocenters. The smallest absolute Gasteiger partial charge is 0.266 e. The SMILES string of the molecule is C=NC(/N=C/c1cccc(C(F)F)c1F)=C1/CN(C)C/C1=N/CCl.O=CC1(F)CCNCC1. The average molecular weight is 488 g/mol. The lowest BCUT2D eigenvalue weighted by atomic mass is 9.97. The molecule has 3 rings (SSSR count). The first-order valence-corrected chi connectivity index (χ1v) is 10.7. The van der Waals surface area contributed by atoms with Crippen LogP contribution in [0.5, 0.6) is 0 Å². The van der Waals surface area contributed by atoms with E-state index >= 15 is 0 Å². The topological polar surface area (TPSA) is 69.4 Å². The zero-order valence-corrected chi connectivity index (χ0v) is 19.0. The zero-order valence-electron chi connectivity index (χ0n) is 18.2. The largest absolute Gasteiger partial charge is 0.316 e. The Hall–Kier alpha value is -2.43. The highest BCUT2D eigenvalue weighted by atomic mass is 35.5. The number of halogens is 5. The van der Waals surface area contributed by atoms with Crippen LogP contribution in [0.2, 0.25) is 0 Å². The van der Waals surface area contributed by atoms with E-state index in [-0.39, 0.29) is 17.4 Å². The van der Waals surface area contributed by atoms with E-state index in [0.717, 1.165) is 23.6 Å². The number of rotatable bonds is 6. The van der Waals surface area contributed by atoms with Gasteiger partial charge in [0.15, 0.2) is 17.8 Å². The maximum absolute atomic E-state index is 14.0. The third-order valence-corrected chi connectivity index (χ3v) is 5.25. The molecule has 6 nitrogen and oxygen atoms in total. The van der Waals surface area contributed by atoms with Gasteiger partial charge in [-0.3, -0.25) is 14.7 Å². The lowest BCUT2D eigenvalue weighted by Crippen LogP contribution is -2.39. The van der Waals surface area contributed by atoms with Gasteiger partial charge in [0.25, 0.3) is 6.43 Å². The molecule has 2 aliphatic rings. The van der Waals surface area contributed by atoms with Crippen molar-refractivity contribution in [1.29, 1.82) is 0 Å². The van der Waals surface area contributed by atoms with Crippen LogP contribution in [-0.4, -0.2) is 74.7 Å². The standard InChI is InChI=1S/C16H16ClF3N4.C6H10FNO/c1-21-16(12-7-24(2)8-13(12)23-9-17)22-6-10-4-3-5-11(14(10)18)15(19)20;7-6(5-9)1-3-8-4-2-6/h3-6,15H,1,7-9H2,2H3;5,8H,1-4H2/b16-12+,22-6+,23-13-;. The molecule has 2 aliphatic heterocycles. The molecule has 11 heteroatoms. The maximum atomic E-state index is 14.0. The van der Waals surface area contributed by atoms with Crippen molar-refractivity contribution < 1.29 is 22.4 Å². The number of hydrogen-bond acceptors (Lipinski definition) is 6. The molecule has 180 valence electrons. The van der Waals surface area contributed by atoms with Crippen LogP contribution in [0.25, 0.3) is 0 Å². The van der Waals surface area contributed by atoms with E-state index in [1.165, 1.54) is 12.1 Å². The number of aldehydes is 1. The molecule has 0 aromatic heterocycles. The first-order valence-electron chi connectivity index (χ1n) is 10.2. The number of carbonyl (C=O) groups is 1. The molecule has 33 heavy (non-hydrogen) atoms. The van der Waals surface area contributed by atoms with Gasteiger partial charge in [0.1, 0.15) is 11.8 Å². The molecular formula is C22H26ClF4N5O. The van der Waals surface area contributed by atoms with Gasteiger partial charge in [-0.2, -0.15) is 0 Å². The molecule has 0 aliphatic carbocycles. The van der Waals surface area contributed by atoms with Crippen LogP contribution in [0.4, 0.5) is 17.6 Å². The first-order chi connectivity index (χ1) is 15.7. The highest BCUT2D eigenvalue weighted by Gasteiger charge is 2.30. The monoisotopic (exact) mass is 487 g/mol. The highest BCUT2D eigenvalue weighted by molar-refractivity contribution is 6.19. The minimum absolute atomic E-state index is 0.0447. The molecule has 0 saturated carbocycles. The molecule has 0 radical (unpaired) electrons. The van der Waals surface area contributed by atoms with Gasteiger partial charge in [0, 0.05) is 43.3 Å². The summed E-state index contributed by atoms with van der Waals surface area (Å²) in [5, 5.41) is 2.98. The van der Waals surface area contributed by atoms with Crippen molar-refractivity contribution in [3.05, 3.63) is 46.5 Å². The molecule has 2 heterocycles. The highest BCUT2D eigenvalue weighted by Crippen LogP contribution is 2.24. The van der Waals surface area contributed by atoms with Gasteiger partial charge in [0.2, 0.25) is 0 Å². The van der Waals surface area contributed by atoms with Crippen LogP contribution < -0.4 is 5.32 Å². The van der Waals surface area contributed by atoms with Gasteiger partial charge in [-0.05, 0) is 26.9 Å². The Morgan fingerprint density at radius 2 is 2.03 bits per heavy atom. The Labute approximate surface area is 195 Å². The summed E-state index contributed by atoms with van der Waals surface area (Å²) < 4.78 is 52.4. The Balaban J connectivity index is 0.000000357. The third-order valence-electron chi connectivity index (χ3n) is 5.13. The Kier molecular flexibility index (Phi) is 10.3. The number of piperidine rings is 1. The second-order valence-corrected chi connectivity index (χ2v) is 7.81. The number of nitrogens with zero attached hydrogens (tertiary/aromatic N) is 4. The minimum atomic E-state index is -2.89. The van der Waals surface area contributed by atoms with Crippen LogP contribution >= 0.6 is 11.6 Å². The van der Waals surface area contributed by atoms with Crippen LogP contribution in [0.1, 0.15) is 30.4 Å². The van der Waals surface area contributed by atoms with Crippen molar-refractivity contribution in [2.45, 2.75) is 24.9 Å². The van der Waals surface area contributed by atoms with E-state index in [1.807, 2.05) is 11.9 Å². The molecule has 0 bridgehead atoms. The zero-order chi connectivity index (χ0) is 24.4. The number of benzene rings is 1. The van der Waals surface area contributed by atoms with Gasteiger partial charge < -0.3 is 5.32 Å². The fourth-order valence-electron chi connectivity index (χ4n) is 3.33. The Morgan fingerprint density at radius 1 is 1.33 bits per heavy atom. The maximum Gasteiger partial charge on any atom is 0.266 e. The summed E-state index contributed by atoms with van der Waals surface area (Å²) in [6, 6.07) is 3.86. The Bertz CT molecular complexity index is 929. The van der Waals surface area contributed by atoms with Crippen molar-refractivity contribution in [1.82, 2.24) is 10.2 Å². The second-order valence-electron chi connectivity index (χ2n) is 7.57. The second kappa shape index (κ2) is 12.7. The normalized spacial score (nSPS) is 21.2. The molecular weight excluding hydrogens is 462 g/mol. The number of hydrogen-bond donors (Lipinski definition) is 1. The summed E-state index contributed by atoms with van der Waals surface area (Å²) >= 11 is 5.65. The molecule has 0 spiro atoms. The molecule has 1 aromatic carbocycles. The first kappa shape index (κ1) is 26.8. The summed E-state index contributed by atoms with van der Waals surface area (Å²) in [6.07, 6.45) is -0.643. The van der Waals surface area contributed by atoms with Gasteiger partial charge in [-0.25, -0.2) is 27.5 Å². The van der Waals surface area contributed by atoms with Crippen LogP contribution in [0, 0.1) is 5.82 Å². The lowest BCUT2D eigenvalue weighted by Gasteiger charge is -2.23. The summed E-state index contributed by atoms with van der Waals surface area (Å²) in [5.74, 6) is -0.729. The number of likely N-dealkylation sites (N-methyl/N-ethyl adjacent to an activating group) is 1. The lowest BCUT2D eigenvalue weighted by molar-refractivity contribution is -0.119. The van der Waals surface area contributed by atoms with E-state index in [1.54, 1.807) is 0 Å². The van der Waals surface area contributed by atoms with Crippen molar-refractivity contribution in [2.75, 3.05) is 39.2 Å². The average Bonchev–Trinajstić information content (AvgIpc) is 3.16. The molecule has 2 saturated heterocycles. The van der Waals surface area contributed by atoms with E-state index in [9.17, 15) is 22.4 Å². The Morgan fingerprint density at radius 3 is 2.58 bits per heavy atom. The molecule has 1 aromatic rings. The van der Waals surface area contributed by atoms with Crippen molar-refractivity contribution in [3.8, 4) is 0 Å². The number of alkyl halides is 4. The van der Waals surface area contributed by atoms with Gasteiger partial charge in [0.05, 0.1) is 11.3 Å². The van der Waals surface area contributed by atoms with Gasteiger partial charge in [-0.1, -0.05) is 18.2 Å². The number of aliphatic imine (C=N–C) groups is 3. The molecule has 2 fully saturated rings. The van der Waals surface area contributed by atoms with E-state index in [4.69, 9.17) is 11.6 Å².